The second kappa shape index (κ2) is 13.1. The number of aliphatic hydroxyl groups excluding tert-OH is 1. The van der Waals surface area contributed by atoms with E-state index < -0.39 is 17.7 Å². The highest BCUT2D eigenvalue weighted by atomic mass is 16.5. The zero-order valence-electron chi connectivity index (χ0n) is 23.3. The Bertz CT molecular complexity index is 1380. The van der Waals surface area contributed by atoms with Crippen LogP contribution in [0.1, 0.15) is 48.9 Å². The van der Waals surface area contributed by atoms with Crippen LogP contribution in [-0.2, 0) is 16.1 Å². The van der Waals surface area contributed by atoms with Crippen molar-refractivity contribution >= 4 is 17.4 Å². The highest BCUT2D eigenvalue weighted by Crippen LogP contribution is 2.41. The summed E-state index contributed by atoms with van der Waals surface area (Å²) >= 11 is 0. The van der Waals surface area contributed by atoms with Gasteiger partial charge in [0.25, 0.3) is 11.7 Å². The predicted molar refractivity (Wildman–Crippen MR) is 152 cm³/mol. The average molecular weight is 546 g/mol. The molecule has 3 aromatic rings. The molecular weight excluding hydrogens is 510 g/mol. The van der Waals surface area contributed by atoms with Crippen molar-refractivity contribution in [1.29, 1.82) is 0 Å². The smallest absolute Gasteiger partial charge is 0.295 e. The number of carbonyl (C=O) groups excluding carboxylic acids is 2. The zero-order chi connectivity index (χ0) is 28.6. The lowest BCUT2D eigenvalue weighted by Gasteiger charge is -2.26. The van der Waals surface area contributed by atoms with Crippen LogP contribution in [0.25, 0.3) is 5.76 Å². The van der Waals surface area contributed by atoms with Gasteiger partial charge in [-0.1, -0.05) is 38.0 Å². The SMILES string of the molecule is CCCCCOc1ccc(/C(O)=C2\C(=O)C(=O)N(Cc3ccc(OC)c(OC)c3)C2c2cccc(OC)c2)cc1. The third-order valence-corrected chi connectivity index (χ3v) is 6.89. The third kappa shape index (κ3) is 6.06. The van der Waals surface area contributed by atoms with Gasteiger partial charge < -0.3 is 29.0 Å². The van der Waals surface area contributed by atoms with Crippen LogP contribution in [0.15, 0.2) is 72.3 Å². The number of methoxy groups -OCH3 is 3. The van der Waals surface area contributed by atoms with E-state index in [1.54, 1.807) is 74.9 Å². The summed E-state index contributed by atoms with van der Waals surface area (Å²) in [7, 11) is 4.63. The summed E-state index contributed by atoms with van der Waals surface area (Å²) in [6, 6.07) is 18.5. The number of carbonyl (C=O) groups is 2. The van der Waals surface area contributed by atoms with E-state index in [4.69, 9.17) is 18.9 Å². The molecule has 8 heteroatoms. The van der Waals surface area contributed by atoms with Gasteiger partial charge in [0.05, 0.1) is 39.6 Å². The molecule has 0 saturated carbocycles. The normalized spacial score (nSPS) is 16.2. The molecule has 1 atom stereocenters. The number of ketones is 1. The Morgan fingerprint density at radius 2 is 1.60 bits per heavy atom. The number of likely N-dealkylation sites (tertiary alicyclic amines) is 1. The number of hydrogen-bond acceptors (Lipinski definition) is 7. The molecule has 1 aliphatic heterocycles. The first kappa shape index (κ1) is 28.5. The standard InChI is InChI=1S/C32H35NO7/c1-5-6-7-17-40-24-14-12-22(13-15-24)30(34)28-29(23-9-8-10-25(19-23)37-2)33(32(36)31(28)35)20-21-11-16-26(38-3)27(18-21)39-4/h8-16,18-19,29,34H,5-7,17,20H2,1-4H3/b30-28+. The number of Topliss-reactive ketones (excluding diaryl/α,β-unsaturated/α-hetero) is 1. The van der Waals surface area contributed by atoms with Crippen LogP contribution in [-0.4, -0.2) is 49.6 Å². The van der Waals surface area contributed by atoms with E-state index in [1.807, 2.05) is 6.07 Å². The van der Waals surface area contributed by atoms with Crippen LogP contribution in [0.5, 0.6) is 23.0 Å². The van der Waals surface area contributed by atoms with E-state index in [-0.39, 0.29) is 17.9 Å². The molecule has 0 radical (unpaired) electrons. The van der Waals surface area contributed by atoms with Gasteiger partial charge in [0.2, 0.25) is 0 Å². The van der Waals surface area contributed by atoms with Crippen LogP contribution in [0.2, 0.25) is 0 Å². The topological polar surface area (TPSA) is 94.5 Å². The second-order valence-corrected chi connectivity index (χ2v) is 9.47. The Labute approximate surface area is 234 Å². The molecule has 1 heterocycles. The third-order valence-electron chi connectivity index (χ3n) is 6.89. The first-order valence-corrected chi connectivity index (χ1v) is 13.3. The molecule has 0 aromatic heterocycles. The number of nitrogens with zero attached hydrogens (tertiary/aromatic N) is 1. The molecule has 1 saturated heterocycles. The highest BCUT2D eigenvalue weighted by molar-refractivity contribution is 6.46. The van der Waals surface area contributed by atoms with Gasteiger partial charge in [0.1, 0.15) is 17.3 Å². The van der Waals surface area contributed by atoms with Crippen LogP contribution < -0.4 is 18.9 Å². The molecule has 8 nitrogen and oxygen atoms in total. The molecule has 1 unspecified atom stereocenters. The number of rotatable bonds is 12. The zero-order valence-corrected chi connectivity index (χ0v) is 23.3. The molecule has 210 valence electrons. The molecule has 1 amide bonds. The molecule has 0 bridgehead atoms. The number of benzene rings is 3. The van der Waals surface area contributed by atoms with Crippen molar-refractivity contribution in [2.24, 2.45) is 0 Å². The summed E-state index contributed by atoms with van der Waals surface area (Å²) in [6.07, 6.45) is 3.16. The van der Waals surface area contributed by atoms with Gasteiger partial charge in [-0.2, -0.15) is 0 Å². The largest absolute Gasteiger partial charge is 0.507 e. The molecule has 0 aliphatic carbocycles. The maximum Gasteiger partial charge on any atom is 0.295 e. The molecule has 0 spiro atoms. The lowest BCUT2D eigenvalue weighted by molar-refractivity contribution is -0.140. The van der Waals surface area contributed by atoms with E-state index in [0.29, 0.717) is 40.7 Å². The van der Waals surface area contributed by atoms with Crippen LogP contribution in [0.3, 0.4) is 0 Å². The Morgan fingerprint density at radius 3 is 2.27 bits per heavy atom. The lowest BCUT2D eigenvalue weighted by atomic mass is 9.95. The molecule has 1 fully saturated rings. The number of amides is 1. The van der Waals surface area contributed by atoms with Crippen LogP contribution in [0.4, 0.5) is 0 Å². The summed E-state index contributed by atoms with van der Waals surface area (Å²) < 4.78 is 21.9. The van der Waals surface area contributed by atoms with Crippen molar-refractivity contribution in [1.82, 2.24) is 4.90 Å². The number of aliphatic hydroxyl groups is 1. The minimum Gasteiger partial charge on any atom is -0.507 e. The quantitative estimate of drug-likeness (QED) is 0.131. The fraction of sp³-hybridized carbons (Fsp3) is 0.312. The fourth-order valence-electron chi connectivity index (χ4n) is 4.78. The van der Waals surface area contributed by atoms with Gasteiger partial charge in [0, 0.05) is 12.1 Å². The van der Waals surface area contributed by atoms with E-state index in [9.17, 15) is 14.7 Å². The Balaban J connectivity index is 1.73. The van der Waals surface area contributed by atoms with Crippen LogP contribution in [0, 0.1) is 0 Å². The highest BCUT2D eigenvalue weighted by Gasteiger charge is 2.46. The monoisotopic (exact) mass is 545 g/mol. The summed E-state index contributed by atoms with van der Waals surface area (Å²) in [5.41, 5.74) is 1.79. The minimum absolute atomic E-state index is 0.00958. The van der Waals surface area contributed by atoms with Crippen molar-refractivity contribution in [3.63, 3.8) is 0 Å². The summed E-state index contributed by atoms with van der Waals surface area (Å²) in [5.74, 6) is 0.580. The van der Waals surface area contributed by atoms with Crippen molar-refractivity contribution in [3.05, 3.63) is 89.0 Å². The van der Waals surface area contributed by atoms with Gasteiger partial charge in [-0.25, -0.2) is 0 Å². The molecule has 4 rings (SSSR count). The van der Waals surface area contributed by atoms with E-state index in [1.165, 1.54) is 12.0 Å². The average Bonchev–Trinajstić information content (AvgIpc) is 3.24. The first-order valence-electron chi connectivity index (χ1n) is 13.3. The van der Waals surface area contributed by atoms with Crippen molar-refractivity contribution in [2.75, 3.05) is 27.9 Å². The maximum atomic E-state index is 13.4. The summed E-state index contributed by atoms with van der Waals surface area (Å²) in [5, 5.41) is 11.4. The number of ether oxygens (including phenoxy) is 4. The van der Waals surface area contributed by atoms with E-state index in [0.717, 1.165) is 24.8 Å². The molecule has 1 aliphatic rings. The van der Waals surface area contributed by atoms with Crippen molar-refractivity contribution < 1.29 is 33.6 Å². The van der Waals surface area contributed by atoms with Gasteiger partial charge in [-0.3, -0.25) is 9.59 Å². The molecule has 3 aromatic carbocycles. The molecule has 1 N–H and O–H groups in total. The van der Waals surface area contributed by atoms with Gasteiger partial charge >= 0.3 is 0 Å². The number of unbranched alkanes of at least 4 members (excludes halogenated alkanes) is 2. The Kier molecular flexibility index (Phi) is 9.32. The lowest BCUT2D eigenvalue weighted by Crippen LogP contribution is -2.29. The van der Waals surface area contributed by atoms with E-state index in [2.05, 4.69) is 6.92 Å². The van der Waals surface area contributed by atoms with Gasteiger partial charge in [-0.05, 0) is 66.1 Å². The second-order valence-electron chi connectivity index (χ2n) is 9.47. The molecular formula is C32H35NO7. The summed E-state index contributed by atoms with van der Waals surface area (Å²) in [6.45, 7) is 2.85. The molecule has 40 heavy (non-hydrogen) atoms. The van der Waals surface area contributed by atoms with E-state index >= 15 is 0 Å². The number of hydrogen-bond donors (Lipinski definition) is 1. The predicted octanol–water partition coefficient (Wildman–Crippen LogP) is 5.90. The van der Waals surface area contributed by atoms with Gasteiger partial charge in [-0.15, -0.1) is 0 Å². The van der Waals surface area contributed by atoms with Crippen LogP contribution >= 0.6 is 0 Å². The first-order chi connectivity index (χ1) is 19.4. The fourth-order valence-corrected chi connectivity index (χ4v) is 4.78. The van der Waals surface area contributed by atoms with Crippen molar-refractivity contribution in [3.8, 4) is 23.0 Å². The Morgan fingerprint density at radius 1 is 0.850 bits per heavy atom. The summed E-state index contributed by atoms with van der Waals surface area (Å²) in [4.78, 5) is 28.3. The minimum atomic E-state index is -0.840. The Hall–Kier alpha value is -4.46. The van der Waals surface area contributed by atoms with Crippen molar-refractivity contribution in [2.45, 2.75) is 38.8 Å². The maximum absolute atomic E-state index is 13.4. The van der Waals surface area contributed by atoms with Gasteiger partial charge in [0.15, 0.2) is 11.5 Å².